The Kier molecular flexibility index (Phi) is 8.34. The zero-order valence-electron chi connectivity index (χ0n) is 19.5. The van der Waals surface area contributed by atoms with Crippen LogP contribution in [-0.4, -0.2) is 28.6 Å². The number of aromatic nitrogens is 1. The first-order valence-electron chi connectivity index (χ1n) is 11.6. The monoisotopic (exact) mass is 465 g/mol. The van der Waals surface area contributed by atoms with E-state index in [1.54, 1.807) is 43.5 Å². The molecule has 2 aromatic rings. The van der Waals surface area contributed by atoms with E-state index in [9.17, 15) is 14.4 Å². The van der Waals surface area contributed by atoms with Crippen LogP contribution in [0.3, 0.4) is 0 Å². The van der Waals surface area contributed by atoms with Gasteiger partial charge in [-0.1, -0.05) is 26.7 Å². The van der Waals surface area contributed by atoms with Gasteiger partial charge in [-0.2, -0.15) is 0 Å². The number of pyridine rings is 1. The second-order valence-corrected chi connectivity index (χ2v) is 8.30. The number of esters is 1. The predicted molar refractivity (Wildman–Crippen MR) is 130 cm³/mol. The molecule has 1 heterocycles. The topological polar surface area (TPSA) is 147 Å². The third-order valence-electron chi connectivity index (χ3n) is 6.03. The van der Waals surface area contributed by atoms with E-state index in [0.29, 0.717) is 36.2 Å². The average Bonchev–Trinajstić information content (AvgIpc) is 2.85. The highest BCUT2D eigenvalue weighted by molar-refractivity contribution is 6.01. The number of ether oxygens (including phenoxy) is 1. The van der Waals surface area contributed by atoms with Crippen LogP contribution in [0.25, 0.3) is 0 Å². The van der Waals surface area contributed by atoms with Crippen molar-refractivity contribution in [3.8, 4) is 5.88 Å². The largest absolute Gasteiger partial charge is 0.405 e. The number of hydrogen-bond acceptors (Lipinski definition) is 6. The molecule has 9 nitrogen and oxygen atoms in total. The van der Waals surface area contributed by atoms with Crippen molar-refractivity contribution in [3.05, 3.63) is 47.7 Å². The third-order valence-corrected chi connectivity index (χ3v) is 6.03. The zero-order valence-corrected chi connectivity index (χ0v) is 19.5. The number of amidine groups is 1. The number of nitrogen functional groups attached to an aromatic ring is 1. The van der Waals surface area contributed by atoms with Crippen molar-refractivity contribution < 1.29 is 19.1 Å². The van der Waals surface area contributed by atoms with Crippen LogP contribution in [0.1, 0.15) is 57.1 Å². The van der Waals surface area contributed by atoms with Crippen molar-refractivity contribution in [2.45, 2.75) is 52.4 Å². The van der Waals surface area contributed by atoms with Crippen LogP contribution in [0, 0.1) is 17.2 Å². The Balaban J connectivity index is 1.77. The van der Waals surface area contributed by atoms with Gasteiger partial charge < -0.3 is 21.1 Å². The summed E-state index contributed by atoms with van der Waals surface area (Å²) in [5, 5.41) is 13.3. The first-order chi connectivity index (χ1) is 16.3. The number of carbonyl (C=O) groups is 3. The number of anilines is 2. The Hall–Kier alpha value is -3.75. The summed E-state index contributed by atoms with van der Waals surface area (Å²) in [4.78, 5) is 42.4. The van der Waals surface area contributed by atoms with Gasteiger partial charge in [-0.25, -0.2) is 4.98 Å². The van der Waals surface area contributed by atoms with Crippen molar-refractivity contribution in [1.29, 1.82) is 5.41 Å². The zero-order chi connectivity index (χ0) is 24.7. The van der Waals surface area contributed by atoms with Gasteiger partial charge in [-0.05, 0) is 55.2 Å². The van der Waals surface area contributed by atoms with E-state index in [2.05, 4.69) is 15.6 Å². The summed E-state index contributed by atoms with van der Waals surface area (Å²) < 4.78 is 5.34. The maximum Gasteiger partial charge on any atom is 0.312 e. The SMILES string of the molecule is CCC(=O)Oc1nccc(CC)c1NC(=O)C1CCCCC1C(=O)Nc1ccc(C(=N)N)cc1. The second kappa shape index (κ2) is 11.4. The Morgan fingerprint density at radius 3 is 2.21 bits per heavy atom. The molecule has 0 saturated heterocycles. The number of nitrogens with zero attached hydrogens (tertiary/aromatic N) is 1. The Morgan fingerprint density at radius 1 is 1.03 bits per heavy atom. The number of aryl methyl sites for hydroxylation is 1. The lowest BCUT2D eigenvalue weighted by Gasteiger charge is -2.30. The number of carbonyl (C=O) groups excluding carboxylic acids is 3. The molecule has 3 rings (SSSR count). The smallest absolute Gasteiger partial charge is 0.312 e. The van der Waals surface area contributed by atoms with Gasteiger partial charge >= 0.3 is 5.97 Å². The quantitative estimate of drug-likeness (QED) is 0.266. The highest BCUT2D eigenvalue weighted by Gasteiger charge is 2.36. The van der Waals surface area contributed by atoms with E-state index < -0.39 is 17.8 Å². The van der Waals surface area contributed by atoms with Gasteiger partial charge in [0.25, 0.3) is 0 Å². The maximum atomic E-state index is 13.3. The fraction of sp³-hybridized carbons (Fsp3) is 0.400. The summed E-state index contributed by atoms with van der Waals surface area (Å²) >= 11 is 0. The highest BCUT2D eigenvalue weighted by atomic mass is 16.5. The molecule has 1 aliphatic carbocycles. The maximum absolute atomic E-state index is 13.3. The Bertz CT molecular complexity index is 1070. The summed E-state index contributed by atoms with van der Waals surface area (Å²) in [5.41, 5.74) is 7.80. The normalized spacial score (nSPS) is 17.5. The number of hydrogen-bond donors (Lipinski definition) is 4. The van der Waals surface area contributed by atoms with Gasteiger partial charge in [-0.15, -0.1) is 0 Å². The molecule has 2 amide bonds. The van der Waals surface area contributed by atoms with Crippen LogP contribution in [0.4, 0.5) is 11.4 Å². The number of amides is 2. The van der Waals surface area contributed by atoms with Crippen LogP contribution in [0.15, 0.2) is 36.5 Å². The van der Waals surface area contributed by atoms with Crippen molar-refractivity contribution in [3.63, 3.8) is 0 Å². The molecule has 0 radical (unpaired) electrons. The molecule has 180 valence electrons. The van der Waals surface area contributed by atoms with Crippen LogP contribution >= 0.6 is 0 Å². The summed E-state index contributed by atoms with van der Waals surface area (Å²) in [6.07, 6.45) is 5.22. The third kappa shape index (κ3) is 5.98. The molecule has 0 aliphatic heterocycles. The van der Waals surface area contributed by atoms with Crippen molar-refractivity contribution in [2.75, 3.05) is 10.6 Å². The number of nitrogens with one attached hydrogen (secondary N) is 3. The van der Waals surface area contributed by atoms with E-state index in [1.165, 1.54) is 0 Å². The van der Waals surface area contributed by atoms with E-state index in [-0.39, 0.29) is 30.0 Å². The minimum absolute atomic E-state index is 0.0484. The fourth-order valence-electron chi connectivity index (χ4n) is 4.11. The molecule has 2 atom stereocenters. The van der Waals surface area contributed by atoms with Crippen molar-refractivity contribution in [2.24, 2.45) is 17.6 Å². The standard InChI is InChI=1S/C25H31N5O4/c1-3-15-13-14-28-25(34-20(31)4-2)21(15)30-24(33)19-8-6-5-7-18(19)23(32)29-17-11-9-16(10-12-17)22(26)27/h9-14,18-19H,3-8H2,1-2H3,(H3,26,27)(H,29,32)(H,30,33). The van der Waals surface area contributed by atoms with Crippen LogP contribution in [-0.2, 0) is 20.8 Å². The van der Waals surface area contributed by atoms with Gasteiger partial charge in [0, 0.05) is 35.7 Å². The minimum Gasteiger partial charge on any atom is -0.405 e. The molecular weight excluding hydrogens is 434 g/mol. The van der Waals surface area contributed by atoms with Gasteiger partial charge in [0.2, 0.25) is 17.7 Å². The molecule has 1 aromatic carbocycles. The summed E-state index contributed by atoms with van der Waals surface area (Å²) in [5.74, 6) is -1.95. The molecule has 1 fully saturated rings. The summed E-state index contributed by atoms with van der Waals surface area (Å²) in [7, 11) is 0. The molecular formula is C25H31N5O4. The lowest BCUT2D eigenvalue weighted by Crippen LogP contribution is -2.39. The number of rotatable bonds is 8. The van der Waals surface area contributed by atoms with Crippen LogP contribution < -0.4 is 21.1 Å². The van der Waals surface area contributed by atoms with Crippen LogP contribution in [0.2, 0.25) is 0 Å². The van der Waals surface area contributed by atoms with Gasteiger partial charge in [-0.3, -0.25) is 19.8 Å². The highest BCUT2D eigenvalue weighted by Crippen LogP contribution is 2.34. The first kappa shape index (κ1) is 24.9. The predicted octanol–water partition coefficient (Wildman–Crippen LogP) is 3.63. The van der Waals surface area contributed by atoms with E-state index in [0.717, 1.165) is 18.4 Å². The Morgan fingerprint density at radius 2 is 1.65 bits per heavy atom. The molecule has 5 N–H and O–H groups in total. The molecule has 2 unspecified atom stereocenters. The van der Waals surface area contributed by atoms with E-state index in [1.807, 2.05) is 6.92 Å². The summed E-state index contributed by atoms with van der Waals surface area (Å²) in [6.45, 7) is 3.62. The lowest BCUT2D eigenvalue weighted by molar-refractivity contribution is -0.134. The summed E-state index contributed by atoms with van der Waals surface area (Å²) in [6, 6.07) is 8.47. The van der Waals surface area contributed by atoms with E-state index in [4.69, 9.17) is 15.9 Å². The minimum atomic E-state index is -0.523. The van der Waals surface area contributed by atoms with Crippen molar-refractivity contribution >= 4 is 35.0 Å². The van der Waals surface area contributed by atoms with E-state index >= 15 is 0 Å². The van der Waals surface area contributed by atoms with Gasteiger partial charge in [0.05, 0.1) is 0 Å². The molecule has 1 aromatic heterocycles. The molecule has 9 heteroatoms. The van der Waals surface area contributed by atoms with Crippen LogP contribution in [0.5, 0.6) is 5.88 Å². The number of benzene rings is 1. The lowest BCUT2D eigenvalue weighted by atomic mass is 9.78. The molecule has 1 aliphatic rings. The average molecular weight is 466 g/mol. The molecule has 34 heavy (non-hydrogen) atoms. The molecule has 0 bridgehead atoms. The Labute approximate surface area is 199 Å². The molecule has 1 saturated carbocycles. The molecule has 0 spiro atoms. The second-order valence-electron chi connectivity index (χ2n) is 8.30. The van der Waals surface area contributed by atoms with Crippen molar-refractivity contribution in [1.82, 2.24) is 4.98 Å². The van der Waals surface area contributed by atoms with Gasteiger partial charge in [0.15, 0.2) is 0 Å². The van der Waals surface area contributed by atoms with Gasteiger partial charge in [0.1, 0.15) is 11.5 Å². The number of nitrogens with two attached hydrogens (primary N) is 1. The fourth-order valence-corrected chi connectivity index (χ4v) is 4.11. The first-order valence-corrected chi connectivity index (χ1v) is 11.6.